The molecule has 0 aliphatic carbocycles. The number of nitrogens with one attached hydrogen (secondary N) is 1. The number of anilines is 1. The molecule has 2 aromatic rings. The third-order valence-corrected chi connectivity index (χ3v) is 6.06. The molecule has 9 heteroatoms. The third kappa shape index (κ3) is 3.97. The van der Waals surface area contributed by atoms with Crippen LogP contribution in [0, 0.1) is 17.4 Å². The van der Waals surface area contributed by atoms with Crippen molar-refractivity contribution in [2.45, 2.75) is 11.3 Å². The fraction of sp³-hybridized carbons (Fsp3) is 0.312. The largest absolute Gasteiger partial charge is 0.310 e. The highest BCUT2D eigenvalue weighted by atomic mass is 32.2. The highest BCUT2D eigenvalue weighted by Gasteiger charge is 2.28. The normalized spacial score (nSPS) is 17.3. The second-order valence-electron chi connectivity index (χ2n) is 5.85. The van der Waals surface area contributed by atoms with Crippen molar-refractivity contribution in [3.8, 4) is 16.6 Å². The maximum Gasteiger partial charge on any atom is 0.231 e. The predicted molar refractivity (Wildman–Crippen MR) is 94.6 cm³/mol. The molecular weight excluding hydrogens is 360 g/mol. The van der Waals surface area contributed by atoms with Gasteiger partial charge in [0.05, 0.1) is 15.7 Å². The first kappa shape index (κ1) is 17.4. The molecule has 0 spiro atoms. The summed E-state index contributed by atoms with van der Waals surface area (Å²) in [6, 6.07) is 6.62. The average molecular weight is 376 g/mol. The van der Waals surface area contributed by atoms with Gasteiger partial charge in [-0.05, 0) is 24.1 Å². The van der Waals surface area contributed by atoms with E-state index in [2.05, 4.69) is 10.3 Å². The SMILES string of the molecule is CS(=O)(=O)c1cccc(-c2cnc(NC(=O)C3CCN(C#N)C3)s2)c1. The lowest BCUT2D eigenvalue weighted by molar-refractivity contribution is -0.119. The van der Waals surface area contributed by atoms with E-state index in [9.17, 15) is 13.2 Å². The van der Waals surface area contributed by atoms with E-state index in [0.717, 1.165) is 16.7 Å². The van der Waals surface area contributed by atoms with Crippen molar-refractivity contribution in [3.63, 3.8) is 0 Å². The first-order valence-corrected chi connectivity index (χ1v) is 10.3. The number of hydrogen-bond acceptors (Lipinski definition) is 7. The van der Waals surface area contributed by atoms with E-state index >= 15 is 0 Å². The Morgan fingerprint density at radius 2 is 2.28 bits per heavy atom. The van der Waals surface area contributed by atoms with Crippen LogP contribution in [0.2, 0.25) is 0 Å². The van der Waals surface area contributed by atoms with E-state index in [-0.39, 0.29) is 16.7 Å². The van der Waals surface area contributed by atoms with Crippen molar-refractivity contribution in [2.24, 2.45) is 5.92 Å². The Morgan fingerprint density at radius 3 is 2.96 bits per heavy atom. The minimum Gasteiger partial charge on any atom is -0.310 e. The van der Waals surface area contributed by atoms with Crippen molar-refractivity contribution in [3.05, 3.63) is 30.5 Å². The average Bonchev–Trinajstić information content (AvgIpc) is 3.23. The Bertz CT molecular complexity index is 946. The molecule has 1 saturated heterocycles. The summed E-state index contributed by atoms with van der Waals surface area (Å²) in [5, 5.41) is 12.1. The van der Waals surface area contributed by atoms with Crippen molar-refractivity contribution in [1.29, 1.82) is 5.26 Å². The Balaban J connectivity index is 1.73. The number of nitriles is 1. The maximum atomic E-state index is 12.2. The van der Waals surface area contributed by atoms with Crippen LogP contribution >= 0.6 is 11.3 Å². The lowest BCUT2D eigenvalue weighted by atomic mass is 10.1. The summed E-state index contributed by atoms with van der Waals surface area (Å²) in [6.07, 6.45) is 5.47. The fourth-order valence-electron chi connectivity index (χ4n) is 2.62. The van der Waals surface area contributed by atoms with E-state index < -0.39 is 9.84 Å². The number of nitrogens with zero attached hydrogens (tertiary/aromatic N) is 3. The number of benzene rings is 1. The second-order valence-corrected chi connectivity index (χ2v) is 8.90. The highest BCUT2D eigenvalue weighted by Crippen LogP contribution is 2.31. The summed E-state index contributed by atoms with van der Waals surface area (Å²) >= 11 is 1.28. The van der Waals surface area contributed by atoms with E-state index in [0.29, 0.717) is 24.6 Å². The van der Waals surface area contributed by atoms with Crippen LogP contribution < -0.4 is 5.32 Å². The van der Waals surface area contributed by atoms with Gasteiger partial charge in [-0.1, -0.05) is 23.5 Å². The molecule has 1 atom stereocenters. The van der Waals surface area contributed by atoms with Gasteiger partial charge >= 0.3 is 0 Å². The predicted octanol–water partition coefficient (Wildman–Crippen LogP) is 1.96. The monoisotopic (exact) mass is 376 g/mol. The molecule has 1 N–H and O–H groups in total. The fourth-order valence-corrected chi connectivity index (χ4v) is 4.10. The molecule has 0 saturated carbocycles. The van der Waals surface area contributed by atoms with Gasteiger partial charge in [0, 0.05) is 25.5 Å². The van der Waals surface area contributed by atoms with E-state index in [1.54, 1.807) is 35.4 Å². The zero-order valence-electron chi connectivity index (χ0n) is 13.5. The molecule has 1 fully saturated rings. The van der Waals surface area contributed by atoms with E-state index in [1.807, 2.05) is 6.19 Å². The summed E-state index contributed by atoms with van der Waals surface area (Å²) < 4.78 is 23.3. The summed E-state index contributed by atoms with van der Waals surface area (Å²) in [4.78, 5) is 19.0. The lowest BCUT2D eigenvalue weighted by Gasteiger charge is -2.08. The van der Waals surface area contributed by atoms with Crippen LogP contribution in [0.1, 0.15) is 6.42 Å². The quantitative estimate of drug-likeness (QED) is 0.818. The minimum atomic E-state index is -3.28. The molecule has 2 heterocycles. The van der Waals surface area contributed by atoms with Gasteiger partial charge in [0.15, 0.2) is 21.2 Å². The standard InChI is InChI=1S/C16H16N4O3S2/c1-25(22,23)13-4-2-3-11(7-13)14-8-18-16(24-14)19-15(21)12-5-6-20(9-12)10-17/h2-4,7-8,12H,5-6,9H2,1H3,(H,18,19,21). The number of carbonyl (C=O) groups excluding carboxylic acids is 1. The third-order valence-electron chi connectivity index (χ3n) is 3.98. The molecule has 130 valence electrons. The molecule has 3 rings (SSSR count). The number of aromatic nitrogens is 1. The number of rotatable bonds is 4. The maximum absolute atomic E-state index is 12.2. The number of sulfone groups is 1. The van der Waals surface area contributed by atoms with Gasteiger partial charge in [0.1, 0.15) is 0 Å². The molecule has 0 radical (unpaired) electrons. The Morgan fingerprint density at radius 1 is 1.48 bits per heavy atom. The van der Waals surface area contributed by atoms with Crippen LogP contribution in [0.3, 0.4) is 0 Å². The minimum absolute atomic E-state index is 0.150. The first-order valence-electron chi connectivity index (χ1n) is 7.58. The van der Waals surface area contributed by atoms with Gasteiger partial charge < -0.3 is 10.2 Å². The zero-order chi connectivity index (χ0) is 18.0. The summed E-state index contributed by atoms with van der Waals surface area (Å²) in [6.45, 7) is 1.02. The van der Waals surface area contributed by atoms with Gasteiger partial charge in [-0.3, -0.25) is 4.79 Å². The van der Waals surface area contributed by atoms with Crippen LogP contribution in [-0.2, 0) is 14.6 Å². The summed E-state index contributed by atoms with van der Waals surface area (Å²) in [7, 11) is -3.28. The first-order chi connectivity index (χ1) is 11.9. The van der Waals surface area contributed by atoms with Crippen molar-refractivity contribution < 1.29 is 13.2 Å². The number of carbonyl (C=O) groups is 1. The van der Waals surface area contributed by atoms with Gasteiger partial charge in [-0.15, -0.1) is 0 Å². The van der Waals surface area contributed by atoms with Crippen molar-refractivity contribution in [2.75, 3.05) is 24.7 Å². The van der Waals surface area contributed by atoms with Crippen LogP contribution in [0.25, 0.3) is 10.4 Å². The zero-order valence-corrected chi connectivity index (χ0v) is 15.1. The molecular formula is C16H16N4O3S2. The molecule has 0 bridgehead atoms. The highest BCUT2D eigenvalue weighted by molar-refractivity contribution is 7.90. The lowest BCUT2D eigenvalue weighted by Crippen LogP contribution is -2.25. The van der Waals surface area contributed by atoms with Gasteiger partial charge in [0.25, 0.3) is 0 Å². The van der Waals surface area contributed by atoms with E-state index in [4.69, 9.17) is 5.26 Å². The Labute approximate surface area is 149 Å². The van der Waals surface area contributed by atoms with Gasteiger partial charge in [-0.2, -0.15) is 5.26 Å². The smallest absolute Gasteiger partial charge is 0.231 e. The van der Waals surface area contributed by atoms with Gasteiger partial charge in [-0.25, -0.2) is 13.4 Å². The molecule has 1 amide bonds. The number of hydrogen-bond donors (Lipinski definition) is 1. The van der Waals surface area contributed by atoms with Crippen molar-refractivity contribution >= 4 is 32.2 Å². The number of amides is 1. The Hall–Kier alpha value is -2.44. The molecule has 1 aromatic carbocycles. The summed E-state index contributed by atoms with van der Waals surface area (Å²) in [5.41, 5.74) is 0.734. The molecule has 25 heavy (non-hydrogen) atoms. The van der Waals surface area contributed by atoms with Gasteiger partial charge in [0.2, 0.25) is 5.91 Å². The molecule has 1 aliphatic heterocycles. The van der Waals surface area contributed by atoms with Crippen LogP contribution in [-0.4, -0.2) is 43.6 Å². The molecule has 1 aliphatic rings. The topological polar surface area (TPSA) is 103 Å². The summed E-state index contributed by atoms with van der Waals surface area (Å²) in [5.74, 6) is -0.371. The number of thiazole rings is 1. The molecule has 1 unspecified atom stereocenters. The van der Waals surface area contributed by atoms with Crippen LogP contribution in [0.15, 0.2) is 35.4 Å². The second kappa shape index (κ2) is 6.82. The van der Waals surface area contributed by atoms with Crippen LogP contribution in [0.4, 0.5) is 5.13 Å². The van der Waals surface area contributed by atoms with Crippen LogP contribution in [0.5, 0.6) is 0 Å². The van der Waals surface area contributed by atoms with E-state index in [1.165, 1.54) is 11.3 Å². The number of likely N-dealkylation sites (tertiary alicyclic amines) is 1. The van der Waals surface area contributed by atoms with Crippen molar-refractivity contribution in [1.82, 2.24) is 9.88 Å². The molecule has 7 nitrogen and oxygen atoms in total. The molecule has 1 aromatic heterocycles. The Kier molecular flexibility index (Phi) is 4.74.